The van der Waals surface area contributed by atoms with Gasteiger partial charge in [0.25, 0.3) is 0 Å². The highest BCUT2D eigenvalue weighted by atomic mass is 32.1. The first kappa shape index (κ1) is 13.7. The third-order valence-electron chi connectivity index (χ3n) is 3.03. The Morgan fingerprint density at radius 3 is 2.43 bits per heavy atom. The van der Waals surface area contributed by atoms with Crippen LogP contribution < -0.4 is 5.32 Å². The maximum Gasteiger partial charge on any atom is 0.188 e. The van der Waals surface area contributed by atoms with E-state index in [0.717, 1.165) is 16.1 Å². The maximum absolute atomic E-state index is 13.6. The van der Waals surface area contributed by atoms with Crippen LogP contribution >= 0.6 is 11.3 Å². The van der Waals surface area contributed by atoms with E-state index in [-0.39, 0.29) is 11.6 Å². The molecule has 3 aromatic rings. The van der Waals surface area contributed by atoms with Gasteiger partial charge in [-0.05, 0) is 43.3 Å². The summed E-state index contributed by atoms with van der Waals surface area (Å²) >= 11 is 1.43. The van der Waals surface area contributed by atoms with E-state index in [9.17, 15) is 8.78 Å². The highest BCUT2D eigenvalue weighted by Gasteiger charge is 2.11. The predicted molar refractivity (Wildman–Crippen MR) is 81.9 cm³/mol. The molecule has 0 fully saturated rings. The number of rotatable bonds is 3. The first-order valence-corrected chi connectivity index (χ1v) is 7.20. The highest BCUT2D eigenvalue weighted by molar-refractivity contribution is 7.16. The molecule has 0 aliphatic carbocycles. The number of aryl methyl sites for hydroxylation is 1. The smallest absolute Gasteiger partial charge is 0.188 e. The van der Waals surface area contributed by atoms with Crippen molar-refractivity contribution in [2.75, 3.05) is 5.32 Å². The minimum absolute atomic E-state index is 0.281. The van der Waals surface area contributed by atoms with E-state index in [0.29, 0.717) is 10.8 Å². The molecule has 106 valence electrons. The van der Waals surface area contributed by atoms with Crippen molar-refractivity contribution in [2.45, 2.75) is 6.92 Å². The second-order valence-corrected chi connectivity index (χ2v) is 5.74. The standard InChI is InChI=1S/C16H12F2N2S/c1-10-15(11-6-8-12(17)9-7-11)20-16(21-10)19-14-5-3-2-4-13(14)18/h2-9H,1H3,(H,19,20). The molecule has 21 heavy (non-hydrogen) atoms. The molecule has 0 amide bonds. The third kappa shape index (κ3) is 2.92. The van der Waals surface area contributed by atoms with Gasteiger partial charge in [0.05, 0.1) is 11.4 Å². The number of para-hydroxylation sites is 1. The van der Waals surface area contributed by atoms with E-state index in [2.05, 4.69) is 10.3 Å². The lowest BCUT2D eigenvalue weighted by Gasteiger charge is -2.03. The molecule has 0 saturated carbocycles. The van der Waals surface area contributed by atoms with E-state index >= 15 is 0 Å². The van der Waals surface area contributed by atoms with Crippen LogP contribution in [-0.4, -0.2) is 4.98 Å². The number of halogens is 2. The average Bonchev–Trinajstić information content (AvgIpc) is 2.83. The molecule has 1 N–H and O–H groups in total. The third-order valence-corrected chi connectivity index (χ3v) is 3.92. The van der Waals surface area contributed by atoms with Crippen molar-refractivity contribution in [2.24, 2.45) is 0 Å². The van der Waals surface area contributed by atoms with Gasteiger partial charge in [-0.3, -0.25) is 0 Å². The summed E-state index contributed by atoms with van der Waals surface area (Å²) in [6.07, 6.45) is 0. The molecule has 5 heteroatoms. The molecule has 2 nitrogen and oxygen atoms in total. The number of thiazole rings is 1. The quantitative estimate of drug-likeness (QED) is 0.724. The summed E-state index contributed by atoms with van der Waals surface area (Å²) in [6, 6.07) is 12.6. The minimum Gasteiger partial charge on any atom is -0.329 e. The van der Waals surface area contributed by atoms with Crippen molar-refractivity contribution in [1.82, 2.24) is 4.98 Å². The summed E-state index contributed by atoms with van der Waals surface area (Å²) < 4.78 is 26.6. The number of nitrogens with zero attached hydrogens (tertiary/aromatic N) is 1. The van der Waals surface area contributed by atoms with Crippen LogP contribution in [0.5, 0.6) is 0 Å². The van der Waals surface area contributed by atoms with E-state index < -0.39 is 0 Å². The topological polar surface area (TPSA) is 24.9 Å². The van der Waals surface area contributed by atoms with E-state index in [1.165, 1.54) is 29.5 Å². The van der Waals surface area contributed by atoms with Crippen molar-refractivity contribution in [1.29, 1.82) is 0 Å². The Morgan fingerprint density at radius 1 is 1.00 bits per heavy atom. The fourth-order valence-corrected chi connectivity index (χ4v) is 2.85. The molecule has 1 aromatic heterocycles. The number of nitrogens with one attached hydrogen (secondary N) is 1. The van der Waals surface area contributed by atoms with E-state index in [1.54, 1.807) is 30.3 Å². The van der Waals surface area contributed by atoms with Crippen LogP contribution in [0.15, 0.2) is 48.5 Å². The van der Waals surface area contributed by atoms with Crippen LogP contribution in [0.25, 0.3) is 11.3 Å². The fraction of sp³-hybridized carbons (Fsp3) is 0.0625. The Morgan fingerprint density at radius 2 is 1.71 bits per heavy atom. The van der Waals surface area contributed by atoms with Gasteiger partial charge in [0.15, 0.2) is 5.13 Å². The lowest BCUT2D eigenvalue weighted by Crippen LogP contribution is -1.92. The fourth-order valence-electron chi connectivity index (χ4n) is 2.00. The molecule has 3 rings (SSSR count). The van der Waals surface area contributed by atoms with Crippen LogP contribution in [0, 0.1) is 18.6 Å². The SMILES string of the molecule is Cc1sc(Nc2ccccc2F)nc1-c1ccc(F)cc1. The number of hydrogen-bond donors (Lipinski definition) is 1. The monoisotopic (exact) mass is 302 g/mol. The van der Waals surface area contributed by atoms with Crippen molar-refractivity contribution in [3.05, 3.63) is 65.0 Å². The van der Waals surface area contributed by atoms with Gasteiger partial charge in [0.2, 0.25) is 0 Å². The normalized spacial score (nSPS) is 10.6. The molecule has 0 saturated heterocycles. The van der Waals surface area contributed by atoms with Crippen LogP contribution in [-0.2, 0) is 0 Å². The second-order valence-electron chi connectivity index (χ2n) is 4.54. The number of anilines is 2. The van der Waals surface area contributed by atoms with Gasteiger partial charge in [-0.2, -0.15) is 0 Å². The van der Waals surface area contributed by atoms with E-state index in [1.807, 2.05) is 6.92 Å². The Kier molecular flexibility index (Phi) is 3.66. The molecule has 0 unspecified atom stereocenters. The summed E-state index contributed by atoms with van der Waals surface area (Å²) in [4.78, 5) is 5.45. The molecule has 0 aliphatic rings. The Bertz CT molecular complexity index is 766. The van der Waals surface area contributed by atoms with Gasteiger partial charge >= 0.3 is 0 Å². The van der Waals surface area contributed by atoms with Gasteiger partial charge in [0, 0.05) is 10.4 Å². The molecular weight excluding hydrogens is 290 g/mol. The molecule has 0 bridgehead atoms. The zero-order valence-corrected chi connectivity index (χ0v) is 12.0. The maximum atomic E-state index is 13.6. The molecule has 1 heterocycles. The van der Waals surface area contributed by atoms with Crippen LogP contribution in [0.3, 0.4) is 0 Å². The van der Waals surface area contributed by atoms with Crippen LogP contribution in [0.4, 0.5) is 19.6 Å². The lowest BCUT2D eigenvalue weighted by molar-refractivity contribution is 0.628. The molecule has 0 radical (unpaired) electrons. The Labute approximate surface area is 125 Å². The number of hydrogen-bond acceptors (Lipinski definition) is 3. The second kappa shape index (κ2) is 5.61. The van der Waals surface area contributed by atoms with E-state index in [4.69, 9.17) is 0 Å². The van der Waals surface area contributed by atoms with Crippen molar-refractivity contribution >= 4 is 22.2 Å². The summed E-state index contributed by atoms with van der Waals surface area (Å²) in [7, 11) is 0. The zero-order valence-electron chi connectivity index (χ0n) is 11.2. The lowest BCUT2D eigenvalue weighted by atomic mass is 10.1. The number of benzene rings is 2. The van der Waals surface area contributed by atoms with Gasteiger partial charge in [-0.1, -0.05) is 12.1 Å². The minimum atomic E-state index is -0.325. The Hall–Kier alpha value is -2.27. The summed E-state index contributed by atoms with van der Waals surface area (Å²) in [6.45, 7) is 1.93. The first-order chi connectivity index (χ1) is 10.1. The molecule has 2 aromatic carbocycles. The van der Waals surface area contributed by atoms with Gasteiger partial charge in [-0.25, -0.2) is 13.8 Å². The van der Waals surface area contributed by atoms with Crippen LogP contribution in [0.1, 0.15) is 4.88 Å². The zero-order chi connectivity index (χ0) is 14.8. The Balaban J connectivity index is 1.91. The van der Waals surface area contributed by atoms with Gasteiger partial charge in [-0.15, -0.1) is 11.3 Å². The molecular formula is C16H12F2N2S. The van der Waals surface area contributed by atoms with Gasteiger partial charge in [0.1, 0.15) is 11.6 Å². The van der Waals surface area contributed by atoms with Crippen molar-refractivity contribution in [3.63, 3.8) is 0 Å². The van der Waals surface area contributed by atoms with Crippen molar-refractivity contribution in [3.8, 4) is 11.3 Å². The van der Waals surface area contributed by atoms with Crippen molar-refractivity contribution < 1.29 is 8.78 Å². The average molecular weight is 302 g/mol. The van der Waals surface area contributed by atoms with Gasteiger partial charge < -0.3 is 5.32 Å². The number of aromatic nitrogens is 1. The van der Waals surface area contributed by atoms with Crippen LogP contribution in [0.2, 0.25) is 0 Å². The molecule has 0 spiro atoms. The summed E-state index contributed by atoms with van der Waals surface area (Å²) in [5, 5.41) is 3.58. The summed E-state index contributed by atoms with van der Waals surface area (Å²) in [5.41, 5.74) is 2.00. The highest BCUT2D eigenvalue weighted by Crippen LogP contribution is 2.32. The molecule has 0 atom stereocenters. The molecule has 0 aliphatic heterocycles. The predicted octanol–water partition coefficient (Wildman–Crippen LogP) is 5.14. The largest absolute Gasteiger partial charge is 0.329 e. The summed E-state index contributed by atoms with van der Waals surface area (Å²) in [5.74, 6) is -0.606. The first-order valence-electron chi connectivity index (χ1n) is 6.38.